The number of rotatable bonds is 2. The molecule has 0 amide bonds. The fraction of sp³-hybridized carbons (Fsp3) is 0. The van der Waals surface area contributed by atoms with Crippen molar-refractivity contribution >= 4 is 84.1 Å². The zero-order valence-electron chi connectivity index (χ0n) is 9.46. The molecule has 0 atom stereocenters. The van der Waals surface area contributed by atoms with Crippen molar-refractivity contribution in [3.63, 3.8) is 0 Å². The van der Waals surface area contributed by atoms with Gasteiger partial charge in [-0.3, -0.25) is 0 Å². The molecule has 0 unspecified atom stereocenters. The van der Waals surface area contributed by atoms with Gasteiger partial charge in [-0.2, -0.15) is 0 Å². The summed E-state index contributed by atoms with van der Waals surface area (Å²) in [6, 6.07) is 8.38. The molecular weight excluding hydrogens is 396 g/mol. The second-order valence-corrected chi connectivity index (χ2v) is 9.57. The summed E-state index contributed by atoms with van der Waals surface area (Å²) >= 11 is 15.9. The van der Waals surface area contributed by atoms with Gasteiger partial charge in [0.25, 0.3) is 0 Å². The lowest BCUT2D eigenvalue weighted by molar-refractivity contribution is 1.81. The van der Waals surface area contributed by atoms with Crippen LogP contribution in [0.15, 0.2) is 35.0 Å². The Hall–Kier alpha value is -0.110. The van der Waals surface area contributed by atoms with Crippen molar-refractivity contribution in [2.45, 2.75) is 0 Å². The molecule has 3 rings (SSSR count). The van der Waals surface area contributed by atoms with Gasteiger partial charge in [0, 0.05) is 14.3 Å². The molecule has 96 valence electrons. The highest BCUT2D eigenvalue weighted by molar-refractivity contribution is 9.15. The predicted molar refractivity (Wildman–Crippen MR) is 95.9 cm³/mol. The third-order valence-corrected chi connectivity index (χ3v) is 8.04. The Morgan fingerprint density at radius 3 is 2.58 bits per heavy atom. The lowest BCUT2D eigenvalue weighted by Gasteiger charge is -1.91. The lowest BCUT2D eigenvalue weighted by Crippen LogP contribution is -2.17. The molecule has 0 saturated heterocycles. The van der Waals surface area contributed by atoms with Gasteiger partial charge in [-0.05, 0) is 44.9 Å². The summed E-state index contributed by atoms with van der Waals surface area (Å²) < 4.78 is 4.57. The zero-order chi connectivity index (χ0) is 13.2. The lowest BCUT2D eigenvalue weighted by atomic mass is 10.4. The quantitative estimate of drug-likeness (QED) is 0.540. The highest BCUT2D eigenvalue weighted by atomic mass is 79.9. The van der Waals surface area contributed by atoms with E-state index < -0.39 is 0 Å². The van der Waals surface area contributed by atoms with Gasteiger partial charge in [0.2, 0.25) is 0 Å². The molecule has 0 spiro atoms. The van der Waals surface area contributed by atoms with Gasteiger partial charge in [-0.25, -0.2) is 0 Å². The highest BCUT2D eigenvalue weighted by Crippen LogP contribution is 2.23. The highest BCUT2D eigenvalue weighted by Gasteiger charge is 2.03. The summed E-state index contributed by atoms with van der Waals surface area (Å²) in [4.78, 5) is 2.50. The molecule has 0 aromatic carbocycles. The van der Waals surface area contributed by atoms with E-state index in [1.165, 1.54) is 18.8 Å². The van der Waals surface area contributed by atoms with E-state index in [1.54, 1.807) is 45.3 Å². The molecule has 3 aromatic heterocycles. The van der Waals surface area contributed by atoms with E-state index in [0.717, 1.165) is 7.62 Å². The number of thiophene rings is 2. The molecule has 0 fully saturated rings. The summed E-state index contributed by atoms with van der Waals surface area (Å²) in [5.74, 6) is 0. The first kappa shape index (κ1) is 13.9. The van der Waals surface area contributed by atoms with Gasteiger partial charge in [0.15, 0.2) is 0 Å². The van der Waals surface area contributed by atoms with Crippen LogP contribution in [0, 0.1) is 3.14 Å². The topological polar surface area (TPSA) is 0 Å². The molecule has 0 N–H and O–H groups in total. The van der Waals surface area contributed by atoms with Crippen molar-refractivity contribution in [1.29, 1.82) is 0 Å². The monoisotopic (exact) mass is 402 g/mol. The molecule has 3 aromatic rings. The van der Waals surface area contributed by atoms with Crippen molar-refractivity contribution in [1.82, 2.24) is 0 Å². The van der Waals surface area contributed by atoms with E-state index >= 15 is 0 Å². The summed E-state index contributed by atoms with van der Waals surface area (Å²) in [5.41, 5.74) is 0. The van der Waals surface area contributed by atoms with E-state index in [2.05, 4.69) is 57.0 Å². The van der Waals surface area contributed by atoms with Crippen LogP contribution in [0.4, 0.5) is 0 Å². The van der Waals surface area contributed by atoms with Crippen LogP contribution in [0.2, 0.25) is 0 Å². The molecule has 3 heterocycles. The molecule has 6 heteroatoms. The maximum absolute atomic E-state index is 5.35. The third-order valence-electron chi connectivity index (χ3n) is 2.36. The summed E-state index contributed by atoms with van der Waals surface area (Å²) in [5, 5.41) is 4.18. The first-order chi connectivity index (χ1) is 9.24. The second-order valence-electron chi connectivity index (χ2n) is 3.60. The Bertz CT molecular complexity index is 834. The minimum absolute atomic E-state index is 0.964. The van der Waals surface area contributed by atoms with Crippen LogP contribution < -0.4 is 9.06 Å². The van der Waals surface area contributed by atoms with Gasteiger partial charge in [-0.15, -0.1) is 45.3 Å². The van der Waals surface area contributed by atoms with Crippen LogP contribution in [-0.2, 0) is 0 Å². The van der Waals surface area contributed by atoms with Crippen LogP contribution >= 0.6 is 73.5 Å². The molecule has 0 nitrogen and oxygen atoms in total. The van der Waals surface area contributed by atoms with Gasteiger partial charge < -0.3 is 0 Å². The Morgan fingerprint density at radius 1 is 1.11 bits per heavy atom. The minimum atomic E-state index is 0.964. The SMILES string of the molecule is S=c1sc(=C\c2cccs2)/c(=C(\Br)c2cccs2)s1. The van der Waals surface area contributed by atoms with Gasteiger partial charge in [-0.1, -0.05) is 24.4 Å². The minimum Gasteiger partial charge on any atom is -0.144 e. The van der Waals surface area contributed by atoms with Crippen LogP contribution in [0.25, 0.3) is 10.6 Å². The van der Waals surface area contributed by atoms with E-state index in [4.69, 9.17) is 12.2 Å². The third kappa shape index (κ3) is 3.15. The Kier molecular flexibility index (Phi) is 4.46. The van der Waals surface area contributed by atoms with Crippen molar-refractivity contribution in [3.05, 3.63) is 57.0 Å². The van der Waals surface area contributed by atoms with Gasteiger partial charge in [0.1, 0.15) is 3.14 Å². The largest absolute Gasteiger partial charge is 0.144 e. The smallest absolute Gasteiger partial charge is 0.144 e. The number of hydrogen-bond donors (Lipinski definition) is 0. The van der Waals surface area contributed by atoms with E-state index in [1.807, 2.05) is 0 Å². The van der Waals surface area contributed by atoms with Crippen molar-refractivity contribution < 1.29 is 0 Å². The van der Waals surface area contributed by atoms with Crippen LogP contribution in [0.3, 0.4) is 0 Å². The van der Waals surface area contributed by atoms with Crippen molar-refractivity contribution in [3.8, 4) is 0 Å². The van der Waals surface area contributed by atoms with Gasteiger partial charge >= 0.3 is 0 Å². The number of halogens is 1. The fourth-order valence-corrected chi connectivity index (χ4v) is 6.56. The molecule has 0 saturated carbocycles. The normalized spacial score (nSPS) is 13.8. The van der Waals surface area contributed by atoms with E-state index in [9.17, 15) is 0 Å². The maximum atomic E-state index is 5.35. The van der Waals surface area contributed by atoms with Gasteiger partial charge in [0.05, 0.1) is 9.01 Å². The molecule has 0 aliphatic rings. The average molecular weight is 403 g/mol. The second kappa shape index (κ2) is 6.11. The molecule has 0 aliphatic carbocycles. The molecule has 0 bridgehead atoms. The fourth-order valence-electron chi connectivity index (χ4n) is 1.56. The predicted octanol–water partition coefficient (Wildman–Crippen LogP) is 5.04. The molecule has 0 radical (unpaired) electrons. The standard InChI is InChI=1S/C13H7BrS5/c14-11(9-4-2-6-17-9)12-10(18-13(15)19-12)7-8-3-1-5-16-8/h1-7H/b10-7-,12-11+. The molecular formula is C13H7BrS5. The number of hydrogen-bond acceptors (Lipinski definition) is 5. The van der Waals surface area contributed by atoms with E-state index in [-0.39, 0.29) is 0 Å². The maximum Gasteiger partial charge on any atom is 0.144 e. The zero-order valence-corrected chi connectivity index (χ0v) is 15.1. The molecule has 0 aliphatic heterocycles. The summed E-state index contributed by atoms with van der Waals surface area (Å²) in [6.45, 7) is 0. The summed E-state index contributed by atoms with van der Waals surface area (Å²) in [7, 11) is 0. The molecule has 19 heavy (non-hydrogen) atoms. The first-order valence-corrected chi connectivity index (χ1v) is 9.92. The van der Waals surface area contributed by atoms with E-state index in [0.29, 0.717) is 0 Å². The van der Waals surface area contributed by atoms with Crippen LogP contribution in [0.1, 0.15) is 9.75 Å². The Labute approximate surface area is 140 Å². The first-order valence-electron chi connectivity index (χ1n) is 5.33. The average Bonchev–Trinajstić information content (AvgIpc) is 3.10. The summed E-state index contributed by atoms with van der Waals surface area (Å²) in [6.07, 6.45) is 2.21. The van der Waals surface area contributed by atoms with Crippen LogP contribution in [-0.4, -0.2) is 0 Å². The van der Waals surface area contributed by atoms with Crippen LogP contribution in [0.5, 0.6) is 0 Å². The Morgan fingerprint density at radius 2 is 1.89 bits per heavy atom. The Balaban J connectivity index is 2.29. The van der Waals surface area contributed by atoms with Crippen molar-refractivity contribution in [2.24, 2.45) is 0 Å². The van der Waals surface area contributed by atoms with Crippen molar-refractivity contribution in [2.75, 3.05) is 0 Å².